The average molecular weight is 259 g/mol. The number of para-hydroxylation sites is 1. The van der Waals surface area contributed by atoms with Crippen molar-refractivity contribution < 1.29 is 8.42 Å². The fourth-order valence-electron chi connectivity index (χ4n) is 1.20. The van der Waals surface area contributed by atoms with Gasteiger partial charge in [-0.15, -0.1) is 0 Å². The van der Waals surface area contributed by atoms with Gasteiger partial charge in [-0.1, -0.05) is 19.1 Å². The molecule has 1 aromatic carbocycles. The molecule has 0 aliphatic rings. The molecule has 1 rings (SSSR count). The highest BCUT2D eigenvalue weighted by Gasteiger charge is 2.16. The van der Waals surface area contributed by atoms with E-state index in [1.165, 1.54) is 6.07 Å². The SMILES string of the molecule is CCNS(=O)(=O)c1ccccc1NC(N)=S. The van der Waals surface area contributed by atoms with Crippen molar-refractivity contribution in [1.82, 2.24) is 4.72 Å². The van der Waals surface area contributed by atoms with E-state index < -0.39 is 10.0 Å². The van der Waals surface area contributed by atoms with Gasteiger partial charge in [-0.3, -0.25) is 0 Å². The monoisotopic (exact) mass is 259 g/mol. The maximum atomic E-state index is 11.8. The van der Waals surface area contributed by atoms with Crippen LogP contribution in [0.2, 0.25) is 0 Å². The van der Waals surface area contributed by atoms with Gasteiger partial charge in [0, 0.05) is 6.54 Å². The minimum absolute atomic E-state index is 0.0270. The van der Waals surface area contributed by atoms with Crippen LogP contribution in [-0.2, 0) is 10.0 Å². The molecule has 0 heterocycles. The van der Waals surface area contributed by atoms with E-state index in [4.69, 9.17) is 5.73 Å². The van der Waals surface area contributed by atoms with Gasteiger partial charge in [-0.2, -0.15) is 0 Å². The van der Waals surface area contributed by atoms with E-state index >= 15 is 0 Å². The van der Waals surface area contributed by atoms with Gasteiger partial charge < -0.3 is 11.1 Å². The lowest BCUT2D eigenvalue weighted by molar-refractivity contribution is 0.584. The van der Waals surface area contributed by atoms with Crippen molar-refractivity contribution in [3.05, 3.63) is 24.3 Å². The van der Waals surface area contributed by atoms with E-state index in [1.54, 1.807) is 25.1 Å². The number of benzene rings is 1. The Balaban J connectivity index is 3.18. The number of nitrogens with two attached hydrogens (primary N) is 1. The molecule has 4 N–H and O–H groups in total. The Hall–Kier alpha value is -1.18. The van der Waals surface area contributed by atoms with Crippen molar-refractivity contribution in [1.29, 1.82) is 0 Å². The lowest BCUT2D eigenvalue weighted by Crippen LogP contribution is -2.26. The van der Waals surface area contributed by atoms with Crippen molar-refractivity contribution in [2.24, 2.45) is 5.73 Å². The summed E-state index contributed by atoms with van der Waals surface area (Å²) in [5.41, 5.74) is 5.69. The first-order valence-electron chi connectivity index (χ1n) is 4.62. The van der Waals surface area contributed by atoms with Crippen LogP contribution in [0.25, 0.3) is 0 Å². The Morgan fingerprint density at radius 2 is 2.06 bits per heavy atom. The Labute approximate surface area is 100 Å². The molecule has 16 heavy (non-hydrogen) atoms. The summed E-state index contributed by atoms with van der Waals surface area (Å²) in [5, 5.41) is 2.65. The quantitative estimate of drug-likeness (QED) is 0.691. The molecule has 5 nitrogen and oxygen atoms in total. The highest BCUT2D eigenvalue weighted by atomic mass is 32.2. The van der Waals surface area contributed by atoms with Crippen molar-refractivity contribution in [3.8, 4) is 0 Å². The summed E-state index contributed by atoms with van der Waals surface area (Å²) in [6.45, 7) is 2.03. The third-order valence-electron chi connectivity index (χ3n) is 1.77. The molecule has 7 heteroatoms. The van der Waals surface area contributed by atoms with Gasteiger partial charge in [0.2, 0.25) is 10.0 Å². The van der Waals surface area contributed by atoms with E-state index in [1.807, 2.05) is 0 Å². The van der Waals surface area contributed by atoms with E-state index in [9.17, 15) is 8.42 Å². The van der Waals surface area contributed by atoms with E-state index in [0.29, 0.717) is 12.2 Å². The third kappa shape index (κ3) is 3.16. The van der Waals surface area contributed by atoms with Gasteiger partial charge in [0.15, 0.2) is 5.11 Å². The predicted molar refractivity (Wildman–Crippen MR) is 67.7 cm³/mol. The largest absolute Gasteiger partial charge is 0.376 e. The number of nitrogens with one attached hydrogen (secondary N) is 2. The van der Waals surface area contributed by atoms with Gasteiger partial charge in [-0.05, 0) is 24.4 Å². The molecular formula is C9H13N3O2S2. The molecule has 88 valence electrons. The molecule has 0 saturated carbocycles. The number of thiocarbonyl (C=S) groups is 1. The van der Waals surface area contributed by atoms with Crippen LogP contribution in [0, 0.1) is 0 Å². The number of rotatable bonds is 4. The number of hydrogen-bond acceptors (Lipinski definition) is 3. The second kappa shape index (κ2) is 5.24. The van der Waals surface area contributed by atoms with Crippen LogP contribution >= 0.6 is 12.2 Å². The van der Waals surface area contributed by atoms with Crippen molar-refractivity contribution >= 4 is 33.0 Å². The fourth-order valence-corrected chi connectivity index (χ4v) is 2.52. The van der Waals surface area contributed by atoms with Crippen LogP contribution in [-0.4, -0.2) is 20.1 Å². The van der Waals surface area contributed by atoms with E-state index in [2.05, 4.69) is 22.3 Å². The van der Waals surface area contributed by atoms with Gasteiger partial charge in [0.1, 0.15) is 4.90 Å². The third-order valence-corrected chi connectivity index (χ3v) is 3.47. The molecule has 0 atom stereocenters. The highest BCUT2D eigenvalue weighted by molar-refractivity contribution is 7.89. The van der Waals surface area contributed by atoms with Gasteiger partial charge in [-0.25, -0.2) is 13.1 Å². The molecule has 0 unspecified atom stereocenters. The van der Waals surface area contributed by atoms with Crippen LogP contribution < -0.4 is 15.8 Å². The van der Waals surface area contributed by atoms with Crippen molar-refractivity contribution in [2.75, 3.05) is 11.9 Å². The van der Waals surface area contributed by atoms with Crippen LogP contribution in [0.15, 0.2) is 29.2 Å². The van der Waals surface area contributed by atoms with Gasteiger partial charge in [0.05, 0.1) is 5.69 Å². The second-order valence-electron chi connectivity index (χ2n) is 2.99. The van der Waals surface area contributed by atoms with Crippen molar-refractivity contribution in [2.45, 2.75) is 11.8 Å². The molecule has 0 bridgehead atoms. The molecule has 0 aliphatic carbocycles. The Kier molecular flexibility index (Phi) is 4.22. The zero-order chi connectivity index (χ0) is 12.2. The number of sulfonamides is 1. The first-order valence-corrected chi connectivity index (χ1v) is 6.51. The lowest BCUT2D eigenvalue weighted by atomic mass is 10.3. The zero-order valence-electron chi connectivity index (χ0n) is 8.73. The summed E-state index contributed by atoms with van der Waals surface area (Å²) >= 11 is 4.68. The number of hydrogen-bond donors (Lipinski definition) is 3. The van der Waals surface area contributed by atoms with Gasteiger partial charge in [0.25, 0.3) is 0 Å². The standard InChI is InChI=1S/C9H13N3O2S2/c1-2-11-16(13,14)8-6-4-3-5-7(8)12-9(10)15/h3-6,11H,2H2,1H3,(H3,10,12,15). The summed E-state index contributed by atoms with van der Waals surface area (Å²) in [6.07, 6.45) is 0. The molecule has 0 saturated heterocycles. The van der Waals surface area contributed by atoms with Gasteiger partial charge >= 0.3 is 0 Å². The maximum absolute atomic E-state index is 11.8. The lowest BCUT2D eigenvalue weighted by Gasteiger charge is -2.11. The summed E-state index contributed by atoms with van der Waals surface area (Å²) in [5.74, 6) is 0. The Bertz CT molecular complexity index is 485. The average Bonchev–Trinajstić information content (AvgIpc) is 2.17. The topological polar surface area (TPSA) is 84.2 Å². The first kappa shape index (κ1) is 12.9. The zero-order valence-corrected chi connectivity index (χ0v) is 10.4. The maximum Gasteiger partial charge on any atom is 0.242 e. The molecule has 0 aliphatic heterocycles. The summed E-state index contributed by atoms with van der Waals surface area (Å²) in [7, 11) is -3.51. The normalized spacial score (nSPS) is 11.1. The minimum Gasteiger partial charge on any atom is -0.376 e. The summed E-state index contributed by atoms with van der Waals surface area (Å²) in [6, 6.07) is 6.42. The first-order chi connectivity index (χ1) is 7.47. The van der Waals surface area contributed by atoms with Crippen LogP contribution in [0.5, 0.6) is 0 Å². The summed E-state index contributed by atoms with van der Waals surface area (Å²) in [4.78, 5) is 0.129. The fraction of sp³-hybridized carbons (Fsp3) is 0.222. The summed E-state index contributed by atoms with van der Waals surface area (Å²) < 4.78 is 26.0. The predicted octanol–water partition coefficient (Wildman–Crippen LogP) is 0.640. The van der Waals surface area contributed by atoms with Crippen LogP contribution in [0.1, 0.15) is 6.92 Å². The molecule has 0 fully saturated rings. The van der Waals surface area contributed by atoms with E-state index in [0.717, 1.165) is 0 Å². The van der Waals surface area contributed by atoms with E-state index in [-0.39, 0.29) is 10.0 Å². The highest BCUT2D eigenvalue weighted by Crippen LogP contribution is 2.20. The number of anilines is 1. The molecule has 0 amide bonds. The minimum atomic E-state index is -3.51. The molecular weight excluding hydrogens is 246 g/mol. The molecule has 1 aromatic rings. The van der Waals surface area contributed by atoms with Crippen LogP contribution in [0.3, 0.4) is 0 Å². The molecule has 0 aromatic heterocycles. The Morgan fingerprint density at radius 1 is 1.44 bits per heavy atom. The smallest absolute Gasteiger partial charge is 0.242 e. The van der Waals surface area contributed by atoms with Crippen LogP contribution in [0.4, 0.5) is 5.69 Å². The Morgan fingerprint density at radius 3 is 2.62 bits per heavy atom. The molecule has 0 radical (unpaired) electrons. The molecule has 0 spiro atoms. The van der Waals surface area contributed by atoms with Crippen molar-refractivity contribution in [3.63, 3.8) is 0 Å². The second-order valence-corrected chi connectivity index (χ2v) is 5.16.